The lowest BCUT2D eigenvalue weighted by Gasteiger charge is -2.20. The Bertz CT molecular complexity index is 512. The Balaban J connectivity index is 2.40. The van der Waals surface area contributed by atoms with Crippen LogP contribution in [0.3, 0.4) is 0 Å². The first-order valence-corrected chi connectivity index (χ1v) is 11.7. The highest BCUT2D eigenvalue weighted by molar-refractivity contribution is 5.90. The van der Waals surface area contributed by atoms with Crippen molar-refractivity contribution in [1.29, 1.82) is 0 Å². The molecule has 1 N–H and O–H groups in total. The number of carboxylic acids is 1. The number of rotatable bonds is 18. The molecule has 160 valence electrons. The molecule has 1 aromatic carbocycles. The molecule has 0 heterocycles. The van der Waals surface area contributed by atoms with Gasteiger partial charge < -0.3 is 9.84 Å². The fourth-order valence-electron chi connectivity index (χ4n) is 3.67. The highest BCUT2D eigenvalue weighted by atomic mass is 16.5. The van der Waals surface area contributed by atoms with E-state index in [1.54, 1.807) is 18.2 Å². The summed E-state index contributed by atoms with van der Waals surface area (Å²) in [6.45, 7) is 4.48. The number of aromatic carboxylic acids is 1. The van der Waals surface area contributed by atoms with Crippen LogP contribution in [0.2, 0.25) is 0 Å². The summed E-state index contributed by atoms with van der Waals surface area (Å²) in [5.41, 5.74) is 0.271. The molecule has 0 aromatic heterocycles. The zero-order chi connectivity index (χ0) is 20.5. The van der Waals surface area contributed by atoms with Gasteiger partial charge in [0.2, 0.25) is 0 Å². The molecular formula is C25H42O3. The molecule has 0 saturated carbocycles. The lowest BCUT2D eigenvalue weighted by Crippen LogP contribution is -2.18. The predicted molar refractivity (Wildman–Crippen MR) is 118 cm³/mol. The highest BCUT2D eigenvalue weighted by Crippen LogP contribution is 2.24. The van der Waals surface area contributed by atoms with Crippen LogP contribution in [-0.2, 0) is 0 Å². The molecule has 1 rings (SSSR count). The van der Waals surface area contributed by atoms with Gasteiger partial charge in [-0.3, -0.25) is 0 Å². The van der Waals surface area contributed by atoms with Gasteiger partial charge in [0.25, 0.3) is 0 Å². The predicted octanol–water partition coefficient (Wildman–Crippen LogP) is 8.02. The molecule has 0 bridgehead atoms. The van der Waals surface area contributed by atoms with Gasteiger partial charge in [0, 0.05) is 0 Å². The van der Waals surface area contributed by atoms with Gasteiger partial charge in [0.1, 0.15) is 11.3 Å². The summed E-state index contributed by atoms with van der Waals surface area (Å²) in [5, 5.41) is 9.40. The standard InChI is InChI=1S/C25H42O3/c1-3-5-7-9-10-11-12-13-15-19-22(18-14-8-6-4-2)28-24-21-17-16-20-23(24)25(26)27/h16-17,20-22H,3-15,18-19H2,1-2H3,(H,26,27). The van der Waals surface area contributed by atoms with Crippen LogP contribution in [0.1, 0.15) is 121 Å². The Hall–Kier alpha value is -1.51. The second-order valence-electron chi connectivity index (χ2n) is 8.01. The fourth-order valence-corrected chi connectivity index (χ4v) is 3.67. The highest BCUT2D eigenvalue weighted by Gasteiger charge is 2.16. The number of para-hydroxylation sites is 1. The number of hydrogen-bond donors (Lipinski definition) is 1. The van der Waals surface area contributed by atoms with Crippen LogP contribution >= 0.6 is 0 Å². The van der Waals surface area contributed by atoms with Crippen molar-refractivity contribution in [3.63, 3.8) is 0 Å². The molecule has 0 aliphatic carbocycles. The SMILES string of the molecule is CCCCCCCCCCCC(CCCCCC)Oc1ccccc1C(=O)O. The summed E-state index contributed by atoms with van der Waals surface area (Å²) >= 11 is 0. The van der Waals surface area contributed by atoms with Gasteiger partial charge in [0.15, 0.2) is 0 Å². The summed E-state index contributed by atoms with van der Waals surface area (Å²) < 4.78 is 6.18. The maximum absolute atomic E-state index is 11.4. The van der Waals surface area contributed by atoms with Crippen molar-refractivity contribution < 1.29 is 14.6 Å². The first-order chi connectivity index (χ1) is 13.7. The second kappa shape index (κ2) is 16.4. The average molecular weight is 391 g/mol. The van der Waals surface area contributed by atoms with Crippen molar-refractivity contribution in [2.45, 2.75) is 116 Å². The van der Waals surface area contributed by atoms with Crippen LogP contribution in [-0.4, -0.2) is 17.2 Å². The van der Waals surface area contributed by atoms with Gasteiger partial charge >= 0.3 is 5.97 Å². The molecule has 3 nitrogen and oxygen atoms in total. The van der Waals surface area contributed by atoms with E-state index < -0.39 is 5.97 Å². The molecule has 0 fully saturated rings. The zero-order valence-electron chi connectivity index (χ0n) is 18.3. The minimum atomic E-state index is -0.914. The van der Waals surface area contributed by atoms with Crippen LogP contribution in [0.4, 0.5) is 0 Å². The summed E-state index contributed by atoms with van der Waals surface area (Å²) in [7, 11) is 0. The van der Waals surface area contributed by atoms with Crippen LogP contribution in [0.15, 0.2) is 24.3 Å². The van der Waals surface area contributed by atoms with E-state index in [-0.39, 0.29) is 11.7 Å². The molecule has 0 radical (unpaired) electrons. The molecule has 0 spiro atoms. The normalized spacial score (nSPS) is 12.1. The van der Waals surface area contributed by atoms with Crippen molar-refractivity contribution in [1.82, 2.24) is 0 Å². The minimum absolute atomic E-state index is 0.127. The lowest BCUT2D eigenvalue weighted by atomic mass is 10.0. The molecule has 0 aliphatic heterocycles. The minimum Gasteiger partial charge on any atom is -0.490 e. The van der Waals surface area contributed by atoms with E-state index in [0.717, 1.165) is 19.3 Å². The summed E-state index contributed by atoms with van der Waals surface area (Å²) in [6, 6.07) is 7.03. The van der Waals surface area contributed by atoms with Crippen LogP contribution in [0.5, 0.6) is 5.75 Å². The second-order valence-corrected chi connectivity index (χ2v) is 8.01. The van der Waals surface area contributed by atoms with Crippen molar-refractivity contribution in [3.8, 4) is 5.75 Å². The zero-order valence-corrected chi connectivity index (χ0v) is 18.3. The third-order valence-electron chi connectivity index (χ3n) is 5.42. The number of hydrogen-bond acceptors (Lipinski definition) is 2. The van der Waals surface area contributed by atoms with E-state index in [1.165, 1.54) is 77.0 Å². The van der Waals surface area contributed by atoms with E-state index in [4.69, 9.17) is 4.74 Å². The lowest BCUT2D eigenvalue weighted by molar-refractivity contribution is 0.0687. The third kappa shape index (κ3) is 11.4. The van der Waals surface area contributed by atoms with Crippen molar-refractivity contribution in [3.05, 3.63) is 29.8 Å². The Labute approximate surface area is 172 Å². The maximum Gasteiger partial charge on any atom is 0.339 e. The van der Waals surface area contributed by atoms with Crippen LogP contribution < -0.4 is 4.74 Å². The van der Waals surface area contributed by atoms with Crippen LogP contribution in [0.25, 0.3) is 0 Å². The molecule has 0 saturated heterocycles. The van der Waals surface area contributed by atoms with E-state index in [1.807, 2.05) is 6.07 Å². The van der Waals surface area contributed by atoms with Crippen molar-refractivity contribution >= 4 is 5.97 Å². The van der Waals surface area contributed by atoms with Crippen LogP contribution in [0, 0.1) is 0 Å². The smallest absolute Gasteiger partial charge is 0.339 e. The Morgan fingerprint density at radius 1 is 0.786 bits per heavy atom. The van der Waals surface area contributed by atoms with Gasteiger partial charge in [0.05, 0.1) is 6.10 Å². The molecule has 1 atom stereocenters. The van der Waals surface area contributed by atoms with E-state index in [9.17, 15) is 9.90 Å². The molecule has 0 aliphatic rings. The first kappa shape index (κ1) is 24.5. The van der Waals surface area contributed by atoms with Gasteiger partial charge in [-0.15, -0.1) is 0 Å². The van der Waals surface area contributed by atoms with E-state index in [0.29, 0.717) is 5.75 Å². The molecule has 28 heavy (non-hydrogen) atoms. The summed E-state index contributed by atoms with van der Waals surface area (Å²) in [5.74, 6) is -0.394. The van der Waals surface area contributed by atoms with E-state index >= 15 is 0 Å². The first-order valence-electron chi connectivity index (χ1n) is 11.7. The molecule has 3 heteroatoms. The van der Waals surface area contributed by atoms with Gasteiger partial charge in [-0.1, -0.05) is 96.6 Å². The summed E-state index contributed by atoms with van der Waals surface area (Å²) in [6.07, 6.45) is 18.9. The number of benzene rings is 1. The number of carbonyl (C=O) groups is 1. The third-order valence-corrected chi connectivity index (χ3v) is 5.42. The summed E-state index contributed by atoms with van der Waals surface area (Å²) in [4.78, 5) is 11.4. The fraction of sp³-hybridized carbons (Fsp3) is 0.720. The van der Waals surface area contributed by atoms with Gasteiger partial charge in [-0.2, -0.15) is 0 Å². The Morgan fingerprint density at radius 2 is 1.25 bits per heavy atom. The van der Waals surface area contributed by atoms with Crippen molar-refractivity contribution in [2.24, 2.45) is 0 Å². The average Bonchev–Trinajstić information content (AvgIpc) is 2.70. The van der Waals surface area contributed by atoms with E-state index in [2.05, 4.69) is 13.8 Å². The molecule has 1 aromatic rings. The maximum atomic E-state index is 11.4. The molecule has 0 amide bonds. The Kier molecular flexibility index (Phi) is 14.4. The van der Waals surface area contributed by atoms with Crippen molar-refractivity contribution in [2.75, 3.05) is 0 Å². The monoisotopic (exact) mass is 390 g/mol. The number of ether oxygens (including phenoxy) is 1. The quantitative estimate of drug-likeness (QED) is 0.258. The van der Waals surface area contributed by atoms with Gasteiger partial charge in [-0.25, -0.2) is 4.79 Å². The Morgan fingerprint density at radius 3 is 1.79 bits per heavy atom. The largest absolute Gasteiger partial charge is 0.490 e. The number of carboxylic acid groups (broad SMARTS) is 1. The van der Waals surface area contributed by atoms with Gasteiger partial charge in [-0.05, 0) is 37.8 Å². The molecular weight excluding hydrogens is 348 g/mol. The number of unbranched alkanes of at least 4 members (excludes halogenated alkanes) is 11. The molecule has 1 unspecified atom stereocenters. The topological polar surface area (TPSA) is 46.5 Å².